The summed E-state index contributed by atoms with van der Waals surface area (Å²) in [5, 5.41) is 11.6. The third-order valence-electron chi connectivity index (χ3n) is 3.14. The molecule has 0 aliphatic heterocycles. The fraction of sp³-hybridized carbons (Fsp3) is 0.222. The third-order valence-corrected chi connectivity index (χ3v) is 3.14. The van der Waals surface area contributed by atoms with E-state index in [4.69, 9.17) is 10.00 Å². The largest absolute Gasteiger partial charge is 0.484 e. The predicted octanol–water partition coefficient (Wildman–Crippen LogP) is 2.69. The lowest BCUT2D eigenvalue weighted by Gasteiger charge is -2.07. The van der Waals surface area contributed by atoms with Crippen molar-refractivity contribution in [3.05, 3.63) is 65.7 Å². The van der Waals surface area contributed by atoms with Crippen LogP contribution in [0.3, 0.4) is 0 Å². The molecule has 0 aliphatic rings. The number of hydrogen-bond donors (Lipinski definition) is 1. The van der Waals surface area contributed by atoms with Crippen LogP contribution in [0.2, 0.25) is 0 Å². The van der Waals surface area contributed by atoms with Crippen LogP contribution in [-0.2, 0) is 11.2 Å². The molecule has 0 unspecified atom stereocenters. The van der Waals surface area contributed by atoms with E-state index >= 15 is 0 Å². The van der Waals surface area contributed by atoms with E-state index in [0.29, 0.717) is 17.9 Å². The molecular weight excluding hydrogens is 276 g/mol. The fourth-order valence-electron chi connectivity index (χ4n) is 2.02. The Morgan fingerprint density at radius 1 is 1.14 bits per heavy atom. The van der Waals surface area contributed by atoms with Gasteiger partial charge in [0, 0.05) is 6.54 Å². The van der Waals surface area contributed by atoms with Gasteiger partial charge in [-0.3, -0.25) is 4.79 Å². The van der Waals surface area contributed by atoms with Crippen LogP contribution in [0.4, 0.5) is 0 Å². The quantitative estimate of drug-likeness (QED) is 0.799. The molecule has 4 nitrogen and oxygen atoms in total. The Labute approximate surface area is 130 Å². The van der Waals surface area contributed by atoms with E-state index in [2.05, 4.69) is 17.4 Å². The van der Waals surface area contributed by atoms with Crippen LogP contribution in [0.5, 0.6) is 5.75 Å². The van der Waals surface area contributed by atoms with Crippen molar-refractivity contribution in [2.75, 3.05) is 13.2 Å². The molecule has 0 saturated carbocycles. The number of nitrogens with zero attached hydrogens (tertiary/aromatic N) is 1. The van der Waals surface area contributed by atoms with Gasteiger partial charge in [0.2, 0.25) is 0 Å². The first-order chi connectivity index (χ1) is 10.8. The zero-order chi connectivity index (χ0) is 15.6. The van der Waals surface area contributed by atoms with Crippen molar-refractivity contribution in [1.82, 2.24) is 5.32 Å². The van der Waals surface area contributed by atoms with Gasteiger partial charge in [0.15, 0.2) is 6.61 Å². The van der Waals surface area contributed by atoms with Gasteiger partial charge in [0.05, 0.1) is 11.6 Å². The summed E-state index contributed by atoms with van der Waals surface area (Å²) in [4.78, 5) is 11.7. The summed E-state index contributed by atoms with van der Waals surface area (Å²) in [7, 11) is 0. The molecule has 22 heavy (non-hydrogen) atoms. The van der Waals surface area contributed by atoms with Crippen LogP contribution in [-0.4, -0.2) is 19.1 Å². The Kier molecular flexibility index (Phi) is 6.01. The Balaban J connectivity index is 1.64. The van der Waals surface area contributed by atoms with Crippen molar-refractivity contribution < 1.29 is 9.53 Å². The van der Waals surface area contributed by atoms with Gasteiger partial charge < -0.3 is 10.1 Å². The standard InChI is InChI=1S/C18H18N2O2/c19-13-16-8-4-10-17(12-16)22-14-18(21)20-11-5-9-15-6-2-1-3-7-15/h1-4,6-8,10,12H,5,9,11,14H2,(H,20,21). The highest BCUT2D eigenvalue weighted by Crippen LogP contribution is 2.12. The van der Waals surface area contributed by atoms with Gasteiger partial charge >= 0.3 is 0 Å². The number of nitrogens with one attached hydrogen (secondary N) is 1. The summed E-state index contributed by atoms with van der Waals surface area (Å²) in [6.45, 7) is 0.579. The number of nitriles is 1. The minimum absolute atomic E-state index is 0.0414. The highest BCUT2D eigenvalue weighted by atomic mass is 16.5. The minimum atomic E-state index is -0.157. The van der Waals surface area contributed by atoms with Gasteiger partial charge in [-0.1, -0.05) is 36.4 Å². The molecule has 1 N–H and O–H groups in total. The summed E-state index contributed by atoms with van der Waals surface area (Å²) in [5.41, 5.74) is 1.78. The second-order valence-electron chi connectivity index (χ2n) is 4.87. The maximum Gasteiger partial charge on any atom is 0.257 e. The van der Waals surface area contributed by atoms with Crippen LogP contribution in [0, 0.1) is 11.3 Å². The molecule has 2 rings (SSSR count). The van der Waals surface area contributed by atoms with Crippen molar-refractivity contribution >= 4 is 5.91 Å². The van der Waals surface area contributed by atoms with Gasteiger partial charge in [-0.15, -0.1) is 0 Å². The number of aryl methyl sites for hydroxylation is 1. The number of benzene rings is 2. The number of carbonyl (C=O) groups excluding carboxylic acids is 1. The molecule has 4 heteroatoms. The number of amides is 1. The van der Waals surface area contributed by atoms with Crippen LogP contribution < -0.4 is 10.1 Å². The van der Waals surface area contributed by atoms with Crippen LogP contribution in [0.1, 0.15) is 17.5 Å². The van der Waals surface area contributed by atoms with Crippen molar-refractivity contribution in [2.45, 2.75) is 12.8 Å². The highest BCUT2D eigenvalue weighted by Gasteiger charge is 2.03. The molecule has 1 amide bonds. The lowest BCUT2D eigenvalue weighted by atomic mass is 10.1. The number of hydrogen-bond acceptors (Lipinski definition) is 3. The first-order valence-electron chi connectivity index (χ1n) is 7.21. The van der Waals surface area contributed by atoms with E-state index in [0.717, 1.165) is 12.8 Å². The zero-order valence-corrected chi connectivity index (χ0v) is 12.3. The third kappa shape index (κ3) is 5.29. The SMILES string of the molecule is N#Cc1cccc(OCC(=O)NCCCc2ccccc2)c1. The summed E-state index contributed by atoms with van der Waals surface area (Å²) in [6, 6.07) is 19.0. The van der Waals surface area contributed by atoms with Gasteiger partial charge in [-0.25, -0.2) is 0 Å². The first kappa shape index (κ1) is 15.6. The Morgan fingerprint density at radius 2 is 1.95 bits per heavy atom. The van der Waals surface area contributed by atoms with Gasteiger partial charge in [0.1, 0.15) is 5.75 Å². The van der Waals surface area contributed by atoms with E-state index < -0.39 is 0 Å². The van der Waals surface area contributed by atoms with Crippen LogP contribution in [0.15, 0.2) is 54.6 Å². The summed E-state index contributed by atoms with van der Waals surface area (Å²) in [5.74, 6) is 0.369. The normalized spacial score (nSPS) is 9.77. The summed E-state index contributed by atoms with van der Waals surface area (Å²) >= 11 is 0. The Morgan fingerprint density at radius 3 is 2.73 bits per heavy atom. The molecule has 0 saturated heterocycles. The van der Waals surface area contributed by atoms with Crippen molar-refractivity contribution in [2.24, 2.45) is 0 Å². The lowest BCUT2D eigenvalue weighted by Crippen LogP contribution is -2.29. The number of ether oxygens (including phenoxy) is 1. The summed E-state index contributed by atoms with van der Waals surface area (Å²) in [6.07, 6.45) is 1.83. The van der Waals surface area contributed by atoms with E-state index in [1.54, 1.807) is 24.3 Å². The monoisotopic (exact) mass is 294 g/mol. The number of rotatable bonds is 7. The van der Waals surface area contributed by atoms with Crippen LogP contribution in [0.25, 0.3) is 0 Å². The molecule has 2 aromatic rings. The predicted molar refractivity (Wildman–Crippen MR) is 84.4 cm³/mol. The van der Waals surface area contributed by atoms with Crippen molar-refractivity contribution in [3.8, 4) is 11.8 Å². The van der Waals surface area contributed by atoms with Crippen LogP contribution >= 0.6 is 0 Å². The second-order valence-corrected chi connectivity index (χ2v) is 4.87. The lowest BCUT2D eigenvalue weighted by molar-refractivity contribution is -0.123. The minimum Gasteiger partial charge on any atom is -0.484 e. The zero-order valence-electron chi connectivity index (χ0n) is 12.3. The molecule has 0 aromatic heterocycles. The van der Waals surface area contributed by atoms with E-state index in [-0.39, 0.29) is 12.5 Å². The second kappa shape index (κ2) is 8.48. The average molecular weight is 294 g/mol. The molecule has 0 atom stereocenters. The number of carbonyl (C=O) groups is 1. The van der Waals surface area contributed by atoms with E-state index in [1.807, 2.05) is 24.3 Å². The smallest absolute Gasteiger partial charge is 0.257 e. The molecule has 0 heterocycles. The molecule has 0 aliphatic carbocycles. The Bertz CT molecular complexity index is 648. The molecule has 0 radical (unpaired) electrons. The molecule has 0 spiro atoms. The molecule has 0 fully saturated rings. The average Bonchev–Trinajstić information content (AvgIpc) is 2.58. The Hall–Kier alpha value is -2.80. The summed E-state index contributed by atoms with van der Waals surface area (Å²) < 4.78 is 5.36. The fourth-order valence-corrected chi connectivity index (χ4v) is 2.02. The van der Waals surface area contributed by atoms with Gasteiger partial charge in [-0.05, 0) is 36.6 Å². The first-order valence-corrected chi connectivity index (χ1v) is 7.21. The van der Waals surface area contributed by atoms with Gasteiger partial charge in [0.25, 0.3) is 5.91 Å². The highest BCUT2D eigenvalue weighted by molar-refractivity contribution is 5.77. The maximum absolute atomic E-state index is 11.7. The molecular formula is C18H18N2O2. The molecule has 112 valence electrons. The molecule has 2 aromatic carbocycles. The molecule has 0 bridgehead atoms. The van der Waals surface area contributed by atoms with Crippen molar-refractivity contribution in [3.63, 3.8) is 0 Å². The van der Waals surface area contributed by atoms with Gasteiger partial charge in [-0.2, -0.15) is 5.26 Å². The van der Waals surface area contributed by atoms with Crippen molar-refractivity contribution in [1.29, 1.82) is 5.26 Å². The topological polar surface area (TPSA) is 62.1 Å². The van der Waals surface area contributed by atoms with E-state index in [1.165, 1.54) is 5.56 Å². The van der Waals surface area contributed by atoms with E-state index in [9.17, 15) is 4.79 Å². The maximum atomic E-state index is 11.7.